The third-order valence-electron chi connectivity index (χ3n) is 4.31. The van der Waals surface area contributed by atoms with Crippen molar-refractivity contribution in [3.05, 3.63) is 0 Å². The average molecular weight is 311 g/mol. The van der Waals surface area contributed by atoms with Crippen LogP contribution in [0.15, 0.2) is 0 Å². The summed E-state index contributed by atoms with van der Waals surface area (Å²) in [6, 6.07) is 0.230. The molecule has 0 aromatic rings. The number of hydrogen-bond donors (Lipinski definition) is 2. The van der Waals surface area contributed by atoms with Crippen molar-refractivity contribution in [2.45, 2.75) is 65.3 Å². The summed E-state index contributed by atoms with van der Waals surface area (Å²) in [5, 5.41) is 6.41. The van der Waals surface area contributed by atoms with Gasteiger partial charge in [0.1, 0.15) is 0 Å². The van der Waals surface area contributed by atoms with E-state index in [1.54, 1.807) is 0 Å². The van der Waals surface area contributed by atoms with Crippen LogP contribution >= 0.6 is 0 Å². The Morgan fingerprint density at radius 1 is 1.18 bits per heavy atom. The number of nitrogens with zero attached hydrogens (tertiary/aromatic N) is 1. The van der Waals surface area contributed by atoms with Gasteiger partial charge in [0, 0.05) is 38.5 Å². The van der Waals surface area contributed by atoms with Gasteiger partial charge in [-0.15, -0.1) is 0 Å². The van der Waals surface area contributed by atoms with E-state index in [1.165, 1.54) is 0 Å². The predicted octanol–water partition coefficient (Wildman–Crippen LogP) is 1.92. The van der Waals surface area contributed by atoms with E-state index in [9.17, 15) is 9.59 Å². The third-order valence-corrected chi connectivity index (χ3v) is 4.31. The van der Waals surface area contributed by atoms with Crippen LogP contribution in [-0.4, -0.2) is 48.9 Å². The Bertz CT molecular complexity index is 341. The lowest BCUT2D eigenvalue weighted by Crippen LogP contribution is -2.50. The van der Waals surface area contributed by atoms with Crippen molar-refractivity contribution in [3.63, 3.8) is 0 Å². The van der Waals surface area contributed by atoms with Crippen molar-refractivity contribution >= 4 is 11.8 Å². The van der Waals surface area contributed by atoms with Crippen molar-refractivity contribution in [3.8, 4) is 0 Å². The maximum atomic E-state index is 12.1. The number of carbonyl (C=O) groups is 2. The lowest BCUT2D eigenvalue weighted by atomic mass is 9.94. The van der Waals surface area contributed by atoms with Gasteiger partial charge in [-0.2, -0.15) is 0 Å². The number of nitrogens with one attached hydrogen (secondary N) is 2. The molecule has 0 spiro atoms. The van der Waals surface area contributed by atoms with E-state index < -0.39 is 0 Å². The fourth-order valence-corrected chi connectivity index (χ4v) is 2.92. The first-order chi connectivity index (χ1) is 10.6. The van der Waals surface area contributed by atoms with E-state index in [1.807, 2.05) is 4.90 Å². The number of piperidine rings is 1. The van der Waals surface area contributed by atoms with Crippen LogP contribution in [0.25, 0.3) is 0 Å². The Kier molecular flexibility index (Phi) is 9.13. The molecule has 2 N–H and O–H groups in total. The van der Waals surface area contributed by atoms with Crippen molar-refractivity contribution in [2.24, 2.45) is 5.92 Å². The summed E-state index contributed by atoms with van der Waals surface area (Å²) in [6.07, 6.45) is 4.64. The second-order valence-corrected chi connectivity index (χ2v) is 6.38. The molecule has 0 radical (unpaired) electrons. The Labute approximate surface area is 135 Å². The Hall–Kier alpha value is -1.10. The first-order valence-electron chi connectivity index (χ1n) is 8.86. The van der Waals surface area contributed by atoms with E-state index in [2.05, 4.69) is 31.4 Å². The molecule has 5 heteroatoms. The molecule has 0 aromatic heterocycles. The summed E-state index contributed by atoms with van der Waals surface area (Å²) >= 11 is 0. The van der Waals surface area contributed by atoms with Gasteiger partial charge in [0.25, 0.3) is 0 Å². The standard InChI is InChI=1S/C17H33N3O2/c1-4-11-20(12-5-2)17(22)8-6-7-16(21)19-15-13-18-10-9-14(15)3/h14-15,18H,4-13H2,1-3H3,(H,19,21). The molecule has 1 fully saturated rings. The predicted molar refractivity (Wildman–Crippen MR) is 89.6 cm³/mol. The highest BCUT2D eigenvalue weighted by Gasteiger charge is 2.22. The van der Waals surface area contributed by atoms with Gasteiger partial charge in [0.2, 0.25) is 11.8 Å². The molecule has 128 valence electrons. The zero-order valence-corrected chi connectivity index (χ0v) is 14.5. The molecule has 2 amide bonds. The van der Waals surface area contributed by atoms with Crippen LogP contribution in [0.4, 0.5) is 0 Å². The number of carbonyl (C=O) groups excluding carboxylic acids is 2. The lowest BCUT2D eigenvalue weighted by molar-refractivity contribution is -0.131. The van der Waals surface area contributed by atoms with Gasteiger partial charge in [-0.1, -0.05) is 20.8 Å². The molecule has 0 aromatic carbocycles. The summed E-state index contributed by atoms with van der Waals surface area (Å²) in [7, 11) is 0. The summed E-state index contributed by atoms with van der Waals surface area (Å²) in [4.78, 5) is 26.0. The zero-order chi connectivity index (χ0) is 16.4. The summed E-state index contributed by atoms with van der Waals surface area (Å²) < 4.78 is 0. The van der Waals surface area contributed by atoms with Crippen LogP contribution in [0.1, 0.15) is 59.3 Å². The van der Waals surface area contributed by atoms with Crippen molar-refractivity contribution in [1.29, 1.82) is 0 Å². The highest BCUT2D eigenvalue weighted by atomic mass is 16.2. The molecule has 22 heavy (non-hydrogen) atoms. The number of hydrogen-bond acceptors (Lipinski definition) is 3. The van der Waals surface area contributed by atoms with Gasteiger partial charge in [0.05, 0.1) is 0 Å². The summed E-state index contributed by atoms with van der Waals surface area (Å²) in [6.45, 7) is 9.89. The molecule has 1 aliphatic heterocycles. The van der Waals surface area contributed by atoms with Gasteiger partial charge in [0.15, 0.2) is 0 Å². The van der Waals surface area contributed by atoms with Crippen molar-refractivity contribution in [1.82, 2.24) is 15.5 Å². The first-order valence-corrected chi connectivity index (χ1v) is 8.86. The van der Waals surface area contributed by atoms with Crippen LogP contribution in [0.3, 0.4) is 0 Å². The summed E-state index contributed by atoms with van der Waals surface area (Å²) in [5.41, 5.74) is 0. The molecule has 2 atom stereocenters. The normalized spacial score (nSPS) is 21.4. The molecule has 1 aliphatic rings. The Morgan fingerprint density at radius 2 is 1.86 bits per heavy atom. The fraction of sp³-hybridized carbons (Fsp3) is 0.882. The van der Waals surface area contributed by atoms with Gasteiger partial charge in [-0.3, -0.25) is 9.59 Å². The average Bonchev–Trinajstić information content (AvgIpc) is 2.49. The van der Waals surface area contributed by atoms with E-state index in [0.717, 1.165) is 45.4 Å². The van der Waals surface area contributed by atoms with Crippen LogP contribution in [0, 0.1) is 5.92 Å². The maximum Gasteiger partial charge on any atom is 0.222 e. The molecule has 5 nitrogen and oxygen atoms in total. The zero-order valence-electron chi connectivity index (χ0n) is 14.5. The van der Waals surface area contributed by atoms with Crippen molar-refractivity contribution in [2.75, 3.05) is 26.2 Å². The van der Waals surface area contributed by atoms with Gasteiger partial charge in [-0.05, 0) is 38.1 Å². The highest BCUT2D eigenvalue weighted by Crippen LogP contribution is 2.11. The van der Waals surface area contributed by atoms with Crippen LogP contribution in [-0.2, 0) is 9.59 Å². The number of amides is 2. The Morgan fingerprint density at radius 3 is 2.45 bits per heavy atom. The molecular weight excluding hydrogens is 278 g/mol. The maximum absolute atomic E-state index is 12.1. The minimum Gasteiger partial charge on any atom is -0.352 e. The molecule has 1 saturated heterocycles. The van der Waals surface area contributed by atoms with E-state index in [0.29, 0.717) is 25.2 Å². The molecule has 0 aliphatic carbocycles. The number of rotatable bonds is 9. The molecule has 0 bridgehead atoms. The van der Waals surface area contributed by atoms with E-state index in [4.69, 9.17) is 0 Å². The largest absolute Gasteiger partial charge is 0.352 e. The minimum absolute atomic E-state index is 0.0749. The Balaban J connectivity index is 2.24. The second kappa shape index (κ2) is 10.6. The molecule has 1 rings (SSSR count). The van der Waals surface area contributed by atoms with Crippen LogP contribution in [0.2, 0.25) is 0 Å². The SMILES string of the molecule is CCCN(CCC)C(=O)CCCC(=O)NC1CNCCC1C. The second-order valence-electron chi connectivity index (χ2n) is 6.38. The molecule has 1 heterocycles. The smallest absolute Gasteiger partial charge is 0.222 e. The van der Waals surface area contributed by atoms with Gasteiger partial charge in [-0.25, -0.2) is 0 Å². The van der Waals surface area contributed by atoms with E-state index in [-0.39, 0.29) is 17.9 Å². The minimum atomic E-state index is 0.0749. The van der Waals surface area contributed by atoms with Gasteiger partial charge < -0.3 is 15.5 Å². The van der Waals surface area contributed by atoms with Gasteiger partial charge >= 0.3 is 0 Å². The lowest BCUT2D eigenvalue weighted by Gasteiger charge is -2.30. The summed E-state index contributed by atoms with van der Waals surface area (Å²) in [5.74, 6) is 0.784. The van der Waals surface area contributed by atoms with Crippen molar-refractivity contribution < 1.29 is 9.59 Å². The quantitative estimate of drug-likeness (QED) is 0.684. The highest BCUT2D eigenvalue weighted by molar-refractivity contribution is 5.79. The monoisotopic (exact) mass is 311 g/mol. The van der Waals surface area contributed by atoms with Crippen LogP contribution < -0.4 is 10.6 Å². The fourth-order valence-electron chi connectivity index (χ4n) is 2.92. The topological polar surface area (TPSA) is 61.4 Å². The third kappa shape index (κ3) is 6.77. The molecule has 0 saturated carbocycles. The molecular formula is C17H33N3O2. The molecule has 2 unspecified atom stereocenters. The van der Waals surface area contributed by atoms with Crippen LogP contribution in [0.5, 0.6) is 0 Å². The van der Waals surface area contributed by atoms with E-state index >= 15 is 0 Å². The first kappa shape index (κ1) is 18.9.